The van der Waals surface area contributed by atoms with E-state index in [0.29, 0.717) is 0 Å². The van der Waals surface area contributed by atoms with E-state index in [2.05, 4.69) is 4.98 Å². The number of rotatable bonds is 3. The fraction of sp³-hybridized carbons (Fsp3) is 0.154. The molecule has 0 atom stereocenters. The van der Waals surface area contributed by atoms with E-state index in [-0.39, 0.29) is 0 Å². The fourth-order valence-corrected chi connectivity index (χ4v) is 1.94. The summed E-state index contributed by atoms with van der Waals surface area (Å²) >= 11 is 1.64. The van der Waals surface area contributed by atoms with Crippen molar-refractivity contribution in [1.82, 2.24) is 4.98 Å². The highest BCUT2D eigenvalue weighted by Crippen LogP contribution is 2.28. The molecule has 0 aliphatic carbocycles. The van der Waals surface area contributed by atoms with Crippen LogP contribution in [0.1, 0.15) is 0 Å². The monoisotopic (exact) mass is 231 g/mol. The molecule has 1 heterocycles. The smallest absolute Gasteiger partial charge is 0.128 e. The van der Waals surface area contributed by atoms with Gasteiger partial charge in [-0.3, -0.25) is 0 Å². The van der Waals surface area contributed by atoms with Gasteiger partial charge in [-0.1, -0.05) is 18.2 Å². The van der Waals surface area contributed by atoms with Crippen LogP contribution >= 0.6 is 11.8 Å². The number of methoxy groups -OCH3 is 1. The van der Waals surface area contributed by atoms with Gasteiger partial charge in [0.25, 0.3) is 0 Å². The summed E-state index contributed by atoms with van der Waals surface area (Å²) in [5, 5.41) is 1.02. The number of thioether (sulfide) groups is 1. The number of nitrogens with zero attached hydrogens (tertiary/aromatic N) is 1. The topological polar surface area (TPSA) is 22.1 Å². The van der Waals surface area contributed by atoms with Gasteiger partial charge in [-0.25, -0.2) is 4.98 Å². The molecule has 2 nitrogen and oxygen atoms in total. The molecular weight excluding hydrogens is 218 g/mol. The number of pyridine rings is 1. The maximum absolute atomic E-state index is 5.33. The van der Waals surface area contributed by atoms with Crippen LogP contribution < -0.4 is 4.74 Å². The number of benzene rings is 1. The van der Waals surface area contributed by atoms with E-state index in [1.165, 1.54) is 0 Å². The molecule has 0 aliphatic heterocycles. The second-order valence-corrected chi connectivity index (χ2v) is 4.09. The Kier molecular flexibility index (Phi) is 3.47. The average Bonchev–Trinajstić information content (AvgIpc) is 2.38. The number of hydrogen-bond acceptors (Lipinski definition) is 3. The van der Waals surface area contributed by atoms with Gasteiger partial charge in [-0.05, 0) is 30.5 Å². The molecule has 0 spiro atoms. The van der Waals surface area contributed by atoms with Gasteiger partial charge in [0, 0.05) is 5.56 Å². The summed E-state index contributed by atoms with van der Waals surface area (Å²) in [6, 6.07) is 13.9. The van der Waals surface area contributed by atoms with Gasteiger partial charge in [0.1, 0.15) is 5.75 Å². The van der Waals surface area contributed by atoms with Crippen molar-refractivity contribution in [1.29, 1.82) is 0 Å². The summed E-state index contributed by atoms with van der Waals surface area (Å²) in [4.78, 5) is 4.55. The molecule has 1 aromatic carbocycles. The molecule has 1 aromatic heterocycles. The van der Waals surface area contributed by atoms with Gasteiger partial charge >= 0.3 is 0 Å². The van der Waals surface area contributed by atoms with Gasteiger partial charge in [0.05, 0.1) is 17.8 Å². The molecule has 2 aromatic rings. The van der Waals surface area contributed by atoms with Gasteiger partial charge in [-0.2, -0.15) is 0 Å². The van der Waals surface area contributed by atoms with Crippen molar-refractivity contribution in [2.45, 2.75) is 5.03 Å². The largest absolute Gasteiger partial charge is 0.496 e. The molecule has 16 heavy (non-hydrogen) atoms. The van der Waals surface area contributed by atoms with E-state index in [1.807, 2.05) is 48.7 Å². The number of hydrogen-bond donors (Lipinski definition) is 0. The van der Waals surface area contributed by atoms with Crippen molar-refractivity contribution in [3.8, 4) is 17.0 Å². The zero-order valence-corrected chi connectivity index (χ0v) is 10.1. The highest BCUT2D eigenvalue weighted by atomic mass is 32.2. The summed E-state index contributed by atoms with van der Waals surface area (Å²) in [5.74, 6) is 0.855. The van der Waals surface area contributed by atoms with Crippen LogP contribution in [0.4, 0.5) is 0 Å². The summed E-state index contributed by atoms with van der Waals surface area (Å²) in [5.41, 5.74) is 1.98. The molecular formula is C13H13NOS. The van der Waals surface area contributed by atoms with E-state index in [9.17, 15) is 0 Å². The lowest BCUT2D eigenvalue weighted by Gasteiger charge is -2.08. The molecule has 3 heteroatoms. The number of aromatic nitrogens is 1. The molecule has 0 amide bonds. The molecule has 0 unspecified atom stereocenters. The summed E-state index contributed by atoms with van der Waals surface area (Å²) in [7, 11) is 1.68. The van der Waals surface area contributed by atoms with Crippen molar-refractivity contribution >= 4 is 11.8 Å². The Morgan fingerprint density at radius 1 is 1.06 bits per heavy atom. The Bertz CT molecular complexity index is 485. The van der Waals surface area contributed by atoms with Crippen LogP contribution in [0.15, 0.2) is 47.5 Å². The number of para-hydroxylation sites is 1. The van der Waals surface area contributed by atoms with E-state index in [4.69, 9.17) is 4.74 Å². The first kappa shape index (κ1) is 11.0. The summed E-state index contributed by atoms with van der Waals surface area (Å²) in [6.07, 6.45) is 2.02. The van der Waals surface area contributed by atoms with Crippen LogP contribution in [0, 0.1) is 0 Å². The van der Waals surface area contributed by atoms with E-state index < -0.39 is 0 Å². The van der Waals surface area contributed by atoms with Crippen molar-refractivity contribution in [2.75, 3.05) is 13.4 Å². The zero-order chi connectivity index (χ0) is 11.4. The third-order valence-corrected chi connectivity index (χ3v) is 2.96. The molecule has 0 N–H and O–H groups in total. The Hall–Kier alpha value is -1.48. The van der Waals surface area contributed by atoms with Crippen LogP contribution in [0.3, 0.4) is 0 Å². The zero-order valence-electron chi connectivity index (χ0n) is 9.31. The first-order valence-corrected chi connectivity index (χ1v) is 6.22. The summed E-state index contributed by atoms with van der Waals surface area (Å²) < 4.78 is 5.33. The van der Waals surface area contributed by atoms with Gasteiger partial charge in [0.2, 0.25) is 0 Å². The van der Waals surface area contributed by atoms with Crippen molar-refractivity contribution in [3.05, 3.63) is 42.5 Å². The van der Waals surface area contributed by atoms with Gasteiger partial charge < -0.3 is 4.74 Å². The lowest BCUT2D eigenvalue weighted by molar-refractivity contribution is 0.416. The van der Waals surface area contributed by atoms with E-state index in [0.717, 1.165) is 22.0 Å². The van der Waals surface area contributed by atoms with E-state index >= 15 is 0 Å². The van der Waals surface area contributed by atoms with Crippen molar-refractivity contribution in [3.63, 3.8) is 0 Å². The Morgan fingerprint density at radius 3 is 2.62 bits per heavy atom. The molecule has 0 saturated carbocycles. The molecule has 0 saturated heterocycles. The molecule has 82 valence electrons. The van der Waals surface area contributed by atoms with Crippen LogP contribution in [-0.4, -0.2) is 18.3 Å². The summed E-state index contributed by atoms with van der Waals surface area (Å²) in [6.45, 7) is 0. The van der Waals surface area contributed by atoms with Crippen LogP contribution in [-0.2, 0) is 0 Å². The Labute approximate surface area is 99.7 Å². The standard InChI is InChI=1S/C13H13NOS/c1-15-12-8-4-3-6-10(12)11-7-5-9-13(14-11)16-2/h3-9H,1-2H3. The molecule has 0 bridgehead atoms. The third-order valence-electron chi connectivity index (χ3n) is 2.32. The third kappa shape index (κ3) is 2.19. The highest BCUT2D eigenvalue weighted by molar-refractivity contribution is 7.98. The van der Waals surface area contributed by atoms with Gasteiger partial charge in [-0.15, -0.1) is 11.8 Å². The average molecular weight is 231 g/mol. The predicted octanol–water partition coefficient (Wildman–Crippen LogP) is 3.48. The first-order valence-electron chi connectivity index (χ1n) is 4.99. The second-order valence-electron chi connectivity index (χ2n) is 3.27. The maximum Gasteiger partial charge on any atom is 0.128 e. The lowest BCUT2D eigenvalue weighted by atomic mass is 10.1. The molecule has 0 fully saturated rings. The molecule has 0 aliphatic rings. The fourth-order valence-electron chi connectivity index (χ4n) is 1.53. The maximum atomic E-state index is 5.33. The van der Waals surface area contributed by atoms with Crippen molar-refractivity contribution < 1.29 is 4.74 Å². The van der Waals surface area contributed by atoms with Gasteiger partial charge in [0.15, 0.2) is 0 Å². The minimum Gasteiger partial charge on any atom is -0.496 e. The van der Waals surface area contributed by atoms with Crippen LogP contribution in [0.25, 0.3) is 11.3 Å². The number of ether oxygens (including phenoxy) is 1. The second kappa shape index (κ2) is 5.03. The molecule has 0 radical (unpaired) electrons. The molecule has 2 rings (SSSR count). The minimum absolute atomic E-state index is 0.855. The first-order chi connectivity index (χ1) is 7.85. The van der Waals surface area contributed by atoms with Crippen LogP contribution in [0.5, 0.6) is 5.75 Å². The predicted molar refractivity (Wildman–Crippen MR) is 68.0 cm³/mol. The lowest BCUT2D eigenvalue weighted by Crippen LogP contribution is -1.90. The SMILES string of the molecule is COc1ccccc1-c1cccc(SC)n1. The van der Waals surface area contributed by atoms with Crippen molar-refractivity contribution in [2.24, 2.45) is 0 Å². The minimum atomic E-state index is 0.855. The van der Waals surface area contributed by atoms with Crippen LogP contribution in [0.2, 0.25) is 0 Å². The quantitative estimate of drug-likeness (QED) is 0.755. The van der Waals surface area contributed by atoms with E-state index in [1.54, 1.807) is 18.9 Å². The Balaban J connectivity index is 2.49. The highest BCUT2D eigenvalue weighted by Gasteiger charge is 2.06. The Morgan fingerprint density at radius 2 is 1.88 bits per heavy atom. The normalized spacial score (nSPS) is 10.1.